The molecule has 0 amide bonds. The molecule has 0 nitrogen and oxygen atoms in total. The van der Waals surface area contributed by atoms with Crippen molar-refractivity contribution in [3.05, 3.63) is 33.8 Å². The molecule has 1 spiro atoms. The first kappa shape index (κ1) is 9.89. The summed E-state index contributed by atoms with van der Waals surface area (Å²) in [5.41, 5.74) is 3.88. The van der Waals surface area contributed by atoms with E-state index >= 15 is 0 Å². The third-order valence-corrected chi connectivity index (χ3v) is 5.09. The zero-order valence-electron chi connectivity index (χ0n) is 9.06. The Kier molecular flexibility index (Phi) is 2.39. The van der Waals surface area contributed by atoms with Gasteiger partial charge >= 0.3 is 0 Å². The third kappa shape index (κ3) is 1.65. The molecule has 0 heterocycles. The Hall–Kier alpha value is -0.300. The Morgan fingerprint density at radius 1 is 1.07 bits per heavy atom. The first-order chi connectivity index (χ1) is 7.29. The van der Waals surface area contributed by atoms with E-state index in [1.165, 1.54) is 49.4 Å². The van der Waals surface area contributed by atoms with Crippen LogP contribution < -0.4 is 0 Å². The van der Waals surface area contributed by atoms with Gasteiger partial charge in [-0.1, -0.05) is 40.9 Å². The van der Waals surface area contributed by atoms with Crippen LogP contribution in [-0.2, 0) is 12.8 Å². The lowest BCUT2D eigenvalue weighted by Crippen LogP contribution is -2.25. The summed E-state index contributed by atoms with van der Waals surface area (Å²) in [5, 5.41) is 0. The average Bonchev–Trinajstić information content (AvgIpc) is 2.66. The van der Waals surface area contributed by atoms with Crippen molar-refractivity contribution in [2.45, 2.75) is 44.9 Å². The highest BCUT2D eigenvalue weighted by Gasteiger charge is 2.37. The lowest BCUT2D eigenvalue weighted by atomic mass is 9.70. The summed E-state index contributed by atoms with van der Waals surface area (Å²) in [4.78, 5) is 0. The Morgan fingerprint density at radius 3 is 2.67 bits per heavy atom. The first-order valence-electron chi connectivity index (χ1n) is 6.05. The minimum absolute atomic E-state index is 0.688. The van der Waals surface area contributed by atoms with Crippen LogP contribution in [0.3, 0.4) is 0 Å². The molecule has 2 aliphatic rings. The Balaban J connectivity index is 1.96. The van der Waals surface area contributed by atoms with Crippen molar-refractivity contribution < 1.29 is 0 Å². The minimum Gasteiger partial charge on any atom is -0.0609 e. The van der Waals surface area contributed by atoms with E-state index in [9.17, 15) is 0 Å². The molecule has 0 radical (unpaired) electrons. The largest absolute Gasteiger partial charge is 0.0609 e. The van der Waals surface area contributed by atoms with Crippen molar-refractivity contribution in [3.8, 4) is 0 Å². The van der Waals surface area contributed by atoms with Gasteiger partial charge in [-0.15, -0.1) is 0 Å². The van der Waals surface area contributed by atoms with Crippen molar-refractivity contribution in [1.82, 2.24) is 0 Å². The van der Waals surface area contributed by atoms with Crippen molar-refractivity contribution in [3.63, 3.8) is 0 Å². The fraction of sp³-hybridized carbons (Fsp3) is 0.571. The Labute approximate surface area is 100 Å². The summed E-state index contributed by atoms with van der Waals surface area (Å²) in [5.74, 6) is 0. The number of rotatable bonds is 0. The molecule has 0 unspecified atom stereocenters. The second-order valence-electron chi connectivity index (χ2n) is 5.26. The van der Waals surface area contributed by atoms with E-state index < -0.39 is 0 Å². The second-order valence-corrected chi connectivity index (χ2v) is 6.12. The van der Waals surface area contributed by atoms with E-state index in [0.29, 0.717) is 5.41 Å². The standard InChI is InChI=1S/C14H17Br/c15-13-5-3-4-11-10-14(7-1-2-8-14)9-6-12(11)13/h3-5H,1-2,6-10H2. The lowest BCUT2D eigenvalue weighted by molar-refractivity contribution is 0.254. The summed E-state index contributed by atoms with van der Waals surface area (Å²) in [6.07, 6.45) is 9.91. The smallest absolute Gasteiger partial charge is 0.0210 e. The molecule has 1 saturated carbocycles. The fourth-order valence-corrected chi connectivity index (χ4v) is 4.09. The maximum Gasteiger partial charge on any atom is 0.0210 e. The molecule has 0 aliphatic heterocycles. The predicted octanol–water partition coefficient (Wildman–Crippen LogP) is 4.50. The fourth-order valence-electron chi connectivity index (χ4n) is 3.48. The summed E-state index contributed by atoms with van der Waals surface area (Å²) >= 11 is 3.68. The lowest BCUT2D eigenvalue weighted by Gasteiger charge is -2.35. The van der Waals surface area contributed by atoms with E-state index in [4.69, 9.17) is 0 Å². The van der Waals surface area contributed by atoms with Crippen molar-refractivity contribution >= 4 is 15.9 Å². The second kappa shape index (κ2) is 3.62. The van der Waals surface area contributed by atoms with Gasteiger partial charge in [0, 0.05) is 4.47 Å². The third-order valence-electron chi connectivity index (χ3n) is 4.35. The Bertz CT molecular complexity index is 375. The quantitative estimate of drug-likeness (QED) is 0.648. The molecule has 1 heteroatoms. The molecule has 3 rings (SSSR count). The normalized spacial score (nSPS) is 23.0. The van der Waals surface area contributed by atoms with E-state index in [-0.39, 0.29) is 0 Å². The van der Waals surface area contributed by atoms with Gasteiger partial charge < -0.3 is 0 Å². The van der Waals surface area contributed by atoms with Crippen LogP contribution in [0.4, 0.5) is 0 Å². The molecule has 0 atom stereocenters. The van der Waals surface area contributed by atoms with Crippen molar-refractivity contribution in [2.24, 2.45) is 5.41 Å². The number of fused-ring (bicyclic) bond motifs is 1. The van der Waals surface area contributed by atoms with Crippen LogP contribution in [0.1, 0.15) is 43.2 Å². The molecule has 2 aliphatic carbocycles. The van der Waals surface area contributed by atoms with Crippen molar-refractivity contribution in [2.75, 3.05) is 0 Å². The van der Waals surface area contributed by atoms with Gasteiger partial charge in [-0.2, -0.15) is 0 Å². The van der Waals surface area contributed by atoms with Gasteiger partial charge in [-0.3, -0.25) is 0 Å². The molecule has 0 bridgehead atoms. The van der Waals surface area contributed by atoms with Gasteiger partial charge in [0.1, 0.15) is 0 Å². The molecule has 0 aromatic heterocycles. The average molecular weight is 265 g/mol. The molecular formula is C14H17Br. The summed E-state index contributed by atoms with van der Waals surface area (Å²) in [6.45, 7) is 0. The molecule has 1 aromatic carbocycles. The number of hydrogen-bond donors (Lipinski definition) is 0. The van der Waals surface area contributed by atoms with Gasteiger partial charge in [0.2, 0.25) is 0 Å². The Morgan fingerprint density at radius 2 is 1.87 bits per heavy atom. The highest BCUT2D eigenvalue weighted by atomic mass is 79.9. The highest BCUT2D eigenvalue weighted by molar-refractivity contribution is 9.10. The summed E-state index contributed by atoms with van der Waals surface area (Å²) in [6, 6.07) is 6.71. The molecule has 80 valence electrons. The van der Waals surface area contributed by atoms with E-state index in [0.717, 1.165) is 0 Å². The van der Waals surface area contributed by atoms with E-state index in [1.807, 2.05) is 0 Å². The van der Waals surface area contributed by atoms with Crippen LogP contribution in [0.2, 0.25) is 0 Å². The zero-order chi connectivity index (χ0) is 10.3. The van der Waals surface area contributed by atoms with Gasteiger partial charge in [0.25, 0.3) is 0 Å². The molecule has 15 heavy (non-hydrogen) atoms. The highest BCUT2D eigenvalue weighted by Crippen LogP contribution is 2.48. The van der Waals surface area contributed by atoms with Crippen LogP contribution in [0.15, 0.2) is 22.7 Å². The van der Waals surface area contributed by atoms with E-state index in [1.54, 1.807) is 11.1 Å². The SMILES string of the molecule is Brc1cccc2c1CCC1(CCCC1)C2. The van der Waals surface area contributed by atoms with Crippen LogP contribution in [0.5, 0.6) is 0 Å². The van der Waals surface area contributed by atoms with Crippen LogP contribution >= 0.6 is 15.9 Å². The topological polar surface area (TPSA) is 0 Å². The molecule has 1 fully saturated rings. The predicted molar refractivity (Wildman–Crippen MR) is 67.1 cm³/mol. The zero-order valence-corrected chi connectivity index (χ0v) is 10.6. The maximum atomic E-state index is 3.68. The molecule has 1 aromatic rings. The maximum absolute atomic E-state index is 3.68. The van der Waals surface area contributed by atoms with Gasteiger partial charge in [0.05, 0.1) is 0 Å². The molecule has 0 N–H and O–H groups in total. The molecule has 0 saturated heterocycles. The van der Waals surface area contributed by atoms with E-state index in [2.05, 4.69) is 34.1 Å². The van der Waals surface area contributed by atoms with Crippen LogP contribution in [0.25, 0.3) is 0 Å². The number of benzene rings is 1. The van der Waals surface area contributed by atoms with Gasteiger partial charge in [0.15, 0.2) is 0 Å². The minimum atomic E-state index is 0.688. The molecular weight excluding hydrogens is 248 g/mol. The monoisotopic (exact) mass is 264 g/mol. The summed E-state index contributed by atoms with van der Waals surface area (Å²) < 4.78 is 1.33. The van der Waals surface area contributed by atoms with Crippen LogP contribution in [0, 0.1) is 5.41 Å². The van der Waals surface area contributed by atoms with Crippen LogP contribution in [-0.4, -0.2) is 0 Å². The first-order valence-corrected chi connectivity index (χ1v) is 6.85. The summed E-state index contributed by atoms with van der Waals surface area (Å²) in [7, 11) is 0. The van der Waals surface area contributed by atoms with Crippen molar-refractivity contribution in [1.29, 1.82) is 0 Å². The van der Waals surface area contributed by atoms with Gasteiger partial charge in [-0.25, -0.2) is 0 Å². The number of halogens is 1. The number of hydrogen-bond acceptors (Lipinski definition) is 0. The van der Waals surface area contributed by atoms with Gasteiger partial charge in [-0.05, 0) is 54.7 Å².